The van der Waals surface area contributed by atoms with Crippen molar-refractivity contribution >= 4 is 14.4 Å². The topological polar surface area (TPSA) is 68.2 Å². The van der Waals surface area contributed by atoms with E-state index in [2.05, 4.69) is 33.9 Å². The molecule has 1 aromatic rings. The zero-order valence-corrected chi connectivity index (χ0v) is 19.6. The molecule has 0 aromatic heterocycles. The molecule has 1 saturated heterocycles. The van der Waals surface area contributed by atoms with Gasteiger partial charge in [0.2, 0.25) is 0 Å². The molecule has 1 aromatic carbocycles. The maximum Gasteiger partial charge on any atom is 0.407 e. The van der Waals surface area contributed by atoms with Crippen molar-refractivity contribution in [3.63, 3.8) is 0 Å². The van der Waals surface area contributed by atoms with Gasteiger partial charge in [0, 0.05) is 6.54 Å². The average Bonchev–Trinajstić information content (AvgIpc) is 3.06. The van der Waals surface area contributed by atoms with Crippen LogP contribution < -0.4 is 0 Å². The number of hydrogen-bond acceptors (Lipinski definition) is 4. The van der Waals surface area contributed by atoms with Gasteiger partial charge in [0.25, 0.3) is 0 Å². The first-order valence-corrected chi connectivity index (χ1v) is 13.3. The Labute approximate surface area is 175 Å². The van der Waals surface area contributed by atoms with Crippen LogP contribution in [-0.2, 0) is 20.4 Å². The molecule has 4 unspecified atom stereocenters. The molecule has 1 saturated carbocycles. The van der Waals surface area contributed by atoms with E-state index in [1.54, 1.807) is 0 Å². The molecule has 0 bridgehead atoms. The third-order valence-electron chi connectivity index (χ3n) is 6.48. The van der Waals surface area contributed by atoms with Gasteiger partial charge in [-0.15, -0.1) is 0 Å². The van der Waals surface area contributed by atoms with Gasteiger partial charge in [0.05, 0.1) is 12.1 Å². The highest BCUT2D eigenvalue weighted by Gasteiger charge is 2.58. The summed E-state index contributed by atoms with van der Waals surface area (Å²) in [6, 6.07) is 9.36. The number of carboxylic acid groups (broad SMARTS) is 1. The number of benzene rings is 1. The SMILES string of the molecule is CC1(C)OC2C(O[Si](C)(C)C(C)(C)C)CC(N(Cc3ccccc3)C(=O)O)C2O1. The zero-order chi connectivity index (χ0) is 21.6. The molecule has 1 heterocycles. The molecule has 1 amide bonds. The summed E-state index contributed by atoms with van der Waals surface area (Å²) >= 11 is 0. The van der Waals surface area contributed by atoms with Gasteiger partial charge in [-0.1, -0.05) is 51.1 Å². The largest absolute Gasteiger partial charge is 0.465 e. The van der Waals surface area contributed by atoms with Gasteiger partial charge in [0.1, 0.15) is 12.2 Å². The smallest absolute Gasteiger partial charge is 0.407 e. The Bertz CT molecular complexity index is 730. The van der Waals surface area contributed by atoms with Crippen molar-refractivity contribution in [3.8, 4) is 0 Å². The molecule has 7 heteroatoms. The van der Waals surface area contributed by atoms with E-state index in [0.717, 1.165) is 5.56 Å². The van der Waals surface area contributed by atoms with Crippen molar-refractivity contribution in [1.82, 2.24) is 4.90 Å². The summed E-state index contributed by atoms with van der Waals surface area (Å²) in [5.41, 5.74) is 0.957. The first kappa shape index (κ1) is 22.3. The molecule has 29 heavy (non-hydrogen) atoms. The third kappa shape index (κ3) is 4.68. The third-order valence-corrected chi connectivity index (χ3v) is 11.0. The van der Waals surface area contributed by atoms with E-state index in [9.17, 15) is 9.90 Å². The Morgan fingerprint density at radius 3 is 2.34 bits per heavy atom. The Balaban J connectivity index is 1.87. The molecule has 4 atom stereocenters. The summed E-state index contributed by atoms with van der Waals surface area (Å²) in [6.45, 7) is 15.1. The lowest BCUT2D eigenvalue weighted by Crippen LogP contribution is -2.46. The van der Waals surface area contributed by atoms with Gasteiger partial charge in [-0.05, 0) is 44.0 Å². The molecule has 6 nitrogen and oxygen atoms in total. The predicted molar refractivity (Wildman–Crippen MR) is 114 cm³/mol. The van der Waals surface area contributed by atoms with Crippen LogP contribution in [0.15, 0.2) is 30.3 Å². The lowest BCUT2D eigenvalue weighted by Gasteiger charge is -2.39. The molecular weight excluding hydrogens is 386 g/mol. The summed E-state index contributed by atoms with van der Waals surface area (Å²) in [6.07, 6.45) is -1.14. The molecule has 1 aliphatic heterocycles. The highest BCUT2D eigenvalue weighted by molar-refractivity contribution is 6.74. The second kappa shape index (κ2) is 7.69. The molecular formula is C22H35NO5Si. The molecule has 2 fully saturated rings. The van der Waals surface area contributed by atoms with Crippen molar-refractivity contribution in [2.24, 2.45) is 0 Å². The van der Waals surface area contributed by atoms with E-state index in [1.165, 1.54) is 4.90 Å². The van der Waals surface area contributed by atoms with Crippen LogP contribution in [0, 0.1) is 0 Å². The summed E-state index contributed by atoms with van der Waals surface area (Å²) in [4.78, 5) is 13.7. The molecule has 2 aliphatic rings. The number of rotatable bonds is 5. The number of ether oxygens (including phenoxy) is 2. The Hall–Kier alpha value is -1.41. The number of fused-ring (bicyclic) bond motifs is 1. The molecule has 3 rings (SSSR count). The van der Waals surface area contributed by atoms with E-state index in [-0.39, 0.29) is 29.4 Å². The molecule has 0 spiro atoms. The normalized spacial score (nSPS) is 28.9. The summed E-state index contributed by atoms with van der Waals surface area (Å²) in [5, 5.41) is 10.1. The van der Waals surface area contributed by atoms with Crippen molar-refractivity contribution in [2.45, 2.75) is 95.9 Å². The Morgan fingerprint density at radius 1 is 1.21 bits per heavy atom. The van der Waals surface area contributed by atoms with E-state index in [1.807, 2.05) is 44.2 Å². The molecule has 162 valence electrons. The summed E-state index contributed by atoms with van der Waals surface area (Å²) < 4.78 is 19.1. The van der Waals surface area contributed by atoms with Crippen LogP contribution in [0.1, 0.15) is 46.6 Å². The average molecular weight is 422 g/mol. The van der Waals surface area contributed by atoms with Gasteiger partial charge < -0.3 is 19.0 Å². The lowest BCUT2D eigenvalue weighted by atomic mass is 10.1. The van der Waals surface area contributed by atoms with Crippen molar-refractivity contribution in [1.29, 1.82) is 0 Å². The minimum Gasteiger partial charge on any atom is -0.465 e. The number of nitrogens with zero attached hydrogens (tertiary/aromatic N) is 1. The number of amides is 1. The maximum atomic E-state index is 12.2. The van der Waals surface area contributed by atoms with Gasteiger partial charge in [-0.2, -0.15) is 0 Å². The molecule has 1 aliphatic carbocycles. The first-order valence-electron chi connectivity index (χ1n) is 10.4. The lowest BCUT2D eigenvalue weighted by molar-refractivity contribution is -0.166. The monoisotopic (exact) mass is 421 g/mol. The van der Waals surface area contributed by atoms with Crippen LogP contribution in [0.4, 0.5) is 4.79 Å². The minimum absolute atomic E-state index is 0.0616. The number of hydrogen-bond donors (Lipinski definition) is 1. The van der Waals surface area contributed by atoms with Crippen molar-refractivity contribution in [3.05, 3.63) is 35.9 Å². The molecule has 1 N–H and O–H groups in total. The maximum absolute atomic E-state index is 12.2. The van der Waals surface area contributed by atoms with Gasteiger partial charge in [-0.25, -0.2) is 4.79 Å². The highest BCUT2D eigenvalue weighted by Crippen LogP contribution is 2.45. The fraction of sp³-hybridized carbons (Fsp3) is 0.682. The quantitative estimate of drug-likeness (QED) is 0.688. The summed E-state index contributed by atoms with van der Waals surface area (Å²) in [7, 11) is -2.04. The van der Waals surface area contributed by atoms with Gasteiger partial charge in [0.15, 0.2) is 14.1 Å². The van der Waals surface area contributed by atoms with Crippen LogP contribution in [0.25, 0.3) is 0 Å². The minimum atomic E-state index is -2.04. The van der Waals surface area contributed by atoms with Crippen LogP contribution >= 0.6 is 0 Å². The second-order valence-electron chi connectivity index (χ2n) is 10.2. The van der Waals surface area contributed by atoms with E-state index >= 15 is 0 Å². The number of carbonyl (C=O) groups is 1. The van der Waals surface area contributed by atoms with Gasteiger partial charge in [-0.3, -0.25) is 4.90 Å². The van der Waals surface area contributed by atoms with Gasteiger partial charge >= 0.3 is 6.09 Å². The van der Waals surface area contributed by atoms with Crippen molar-refractivity contribution < 1.29 is 23.8 Å². The first-order chi connectivity index (χ1) is 13.3. The Kier molecular flexibility index (Phi) is 5.90. The standard InChI is InChI=1S/C22H35NO5Si/c1-21(2,3)29(6,7)28-17-13-16(18-19(17)27-22(4,5)26-18)23(20(24)25)14-15-11-9-8-10-12-15/h8-12,16-19H,13-14H2,1-7H3,(H,24,25). The summed E-state index contributed by atoms with van der Waals surface area (Å²) in [5.74, 6) is -0.750. The second-order valence-corrected chi connectivity index (χ2v) is 14.9. The van der Waals surface area contributed by atoms with E-state index in [0.29, 0.717) is 13.0 Å². The van der Waals surface area contributed by atoms with Crippen LogP contribution in [0.3, 0.4) is 0 Å². The van der Waals surface area contributed by atoms with E-state index < -0.39 is 20.2 Å². The van der Waals surface area contributed by atoms with Crippen LogP contribution in [0.2, 0.25) is 18.1 Å². The fourth-order valence-corrected chi connectivity index (χ4v) is 5.33. The molecule has 0 radical (unpaired) electrons. The van der Waals surface area contributed by atoms with Crippen LogP contribution in [0.5, 0.6) is 0 Å². The fourth-order valence-electron chi connectivity index (χ4n) is 3.99. The zero-order valence-electron chi connectivity index (χ0n) is 18.6. The predicted octanol–water partition coefficient (Wildman–Crippen LogP) is 4.85. The van der Waals surface area contributed by atoms with Crippen molar-refractivity contribution in [2.75, 3.05) is 0 Å². The highest BCUT2D eigenvalue weighted by atomic mass is 28.4. The van der Waals surface area contributed by atoms with E-state index in [4.69, 9.17) is 13.9 Å². The Morgan fingerprint density at radius 2 is 1.79 bits per heavy atom. The van der Waals surface area contributed by atoms with Crippen LogP contribution in [-0.4, -0.2) is 54.6 Å².